The van der Waals surface area contributed by atoms with Gasteiger partial charge in [0.05, 0.1) is 11.1 Å². The van der Waals surface area contributed by atoms with Gasteiger partial charge < -0.3 is 4.90 Å². The van der Waals surface area contributed by atoms with Gasteiger partial charge in [-0.15, -0.1) is 11.3 Å². The second-order valence-corrected chi connectivity index (χ2v) is 7.13. The molecule has 124 valence electrons. The van der Waals surface area contributed by atoms with Crippen LogP contribution >= 0.6 is 11.3 Å². The van der Waals surface area contributed by atoms with Crippen LogP contribution in [0, 0.1) is 5.92 Å². The molecule has 24 heavy (non-hydrogen) atoms. The maximum Gasteiger partial charge on any atom is 0.177 e. The number of hydrogen-bond acceptors (Lipinski definition) is 5. The Morgan fingerprint density at radius 1 is 1.42 bits per heavy atom. The first-order valence-electron chi connectivity index (χ1n) is 8.42. The smallest absolute Gasteiger partial charge is 0.177 e. The van der Waals surface area contributed by atoms with E-state index in [9.17, 15) is 4.79 Å². The van der Waals surface area contributed by atoms with Gasteiger partial charge in [-0.1, -0.05) is 13.0 Å². The average Bonchev–Trinajstić information content (AvgIpc) is 3.31. The van der Waals surface area contributed by atoms with Crippen molar-refractivity contribution in [3.8, 4) is 0 Å². The Hall–Kier alpha value is -2.21. The minimum absolute atomic E-state index is 0.0567. The zero-order valence-corrected chi connectivity index (χ0v) is 14.5. The van der Waals surface area contributed by atoms with Crippen LogP contribution in [-0.2, 0) is 6.42 Å². The maximum atomic E-state index is 12.7. The van der Waals surface area contributed by atoms with E-state index < -0.39 is 0 Å². The lowest BCUT2D eigenvalue weighted by molar-refractivity contribution is 0.0911. The third kappa shape index (κ3) is 2.71. The molecular formula is C18H20N4OS. The summed E-state index contributed by atoms with van der Waals surface area (Å²) in [6, 6.07) is 7.92. The van der Waals surface area contributed by atoms with Gasteiger partial charge in [0.25, 0.3) is 0 Å². The summed E-state index contributed by atoms with van der Waals surface area (Å²) in [5.41, 5.74) is 1.93. The molecular weight excluding hydrogens is 320 g/mol. The third-order valence-electron chi connectivity index (χ3n) is 4.64. The molecule has 0 aromatic carbocycles. The number of rotatable bonds is 4. The fourth-order valence-electron chi connectivity index (χ4n) is 3.37. The van der Waals surface area contributed by atoms with E-state index in [-0.39, 0.29) is 11.7 Å². The molecule has 3 aromatic heterocycles. The van der Waals surface area contributed by atoms with Crippen LogP contribution in [0.3, 0.4) is 0 Å². The Kier molecular flexibility index (Phi) is 4.06. The van der Waals surface area contributed by atoms with Crippen LogP contribution in [0.5, 0.6) is 0 Å². The number of thiophene rings is 1. The quantitative estimate of drug-likeness (QED) is 0.683. The zero-order chi connectivity index (χ0) is 16.5. The summed E-state index contributed by atoms with van der Waals surface area (Å²) in [5.74, 6) is 1.38. The van der Waals surface area contributed by atoms with Gasteiger partial charge in [-0.25, -0.2) is 4.98 Å². The zero-order valence-electron chi connectivity index (χ0n) is 13.7. The molecule has 0 radical (unpaired) electrons. The lowest BCUT2D eigenvalue weighted by Gasteiger charge is -2.33. The molecule has 3 aromatic rings. The summed E-state index contributed by atoms with van der Waals surface area (Å²) >= 11 is 1.54. The molecule has 0 saturated carbocycles. The molecule has 1 atom stereocenters. The fourth-order valence-corrected chi connectivity index (χ4v) is 4.12. The van der Waals surface area contributed by atoms with Crippen LogP contribution in [0.25, 0.3) is 5.65 Å². The number of hydrogen-bond donors (Lipinski definition) is 0. The monoisotopic (exact) mass is 340 g/mol. The lowest BCUT2D eigenvalue weighted by Crippen LogP contribution is -2.39. The largest absolute Gasteiger partial charge is 0.356 e. The topological polar surface area (TPSA) is 50.5 Å². The van der Waals surface area contributed by atoms with Crippen molar-refractivity contribution in [1.82, 2.24) is 14.6 Å². The molecule has 0 spiro atoms. The summed E-state index contributed by atoms with van der Waals surface area (Å²) in [5, 5.41) is 6.39. The van der Waals surface area contributed by atoms with Gasteiger partial charge in [-0.2, -0.15) is 9.61 Å². The van der Waals surface area contributed by atoms with Gasteiger partial charge >= 0.3 is 0 Å². The minimum atomic E-state index is 0.0567. The van der Waals surface area contributed by atoms with Gasteiger partial charge in [0.2, 0.25) is 0 Å². The van der Waals surface area contributed by atoms with Crippen molar-refractivity contribution in [2.24, 2.45) is 5.92 Å². The van der Waals surface area contributed by atoms with E-state index in [0.29, 0.717) is 0 Å². The minimum Gasteiger partial charge on any atom is -0.356 e. The van der Waals surface area contributed by atoms with Crippen molar-refractivity contribution in [2.45, 2.75) is 26.2 Å². The number of anilines is 1. The second kappa shape index (κ2) is 6.36. The first-order chi connectivity index (χ1) is 11.8. The van der Waals surface area contributed by atoms with Crippen LogP contribution < -0.4 is 4.90 Å². The molecule has 0 bridgehead atoms. The van der Waals surface area contributed by atoms with Gasteiger partial charge in [0, 0.05) is 36.8 Å². The molecule has 1 aliphatic heterocycles. The number of piperidine rings is 1. The first-order valence-corrected chi connectivity index (χ1v) is 9.30. The molecule has 1 unspecified atom stereocenters. The molecule has 4 heterocycles. The van der Waals surface area contributed by atoms with E-state index in [1.807, 2.05) is 28.1 Å². The molecule has 4 rings (SSSR count). The molecule has 0 aliphatic carbocycles. The molecule has 1 fully saturated rings. The Bertz CT molecular complexity index is 855. The average molecular weight is 340 g/mol. The van der Waals surface area contributed by atoms with Gasteiger partial charge in [0.15, 0.2) is 11.4 Å². The Balaban J connectivity index is 1.65. The highest BCUT2D eigenvalue weighted by atomic mass is 32.1. The number of nitrogens with zero attached hydrogens (tertiary/aromatic N) is 4. The Morgan fingerprint density at radius 3 is 3.12 bits per heavy atom. The maximum absolute atomic E-state index is 12.7. The molecule has 1 saturated heterocycles. The predicted octanol–water partition coefficient (Wildman–Crippen LogP) is 3.45. The molecule has 0 N–H and O–H groups in total. The van der Waals surface area contributed by atoms with Crippen LogP contribution in [-0.4, -0.2) is 33.5 Å². The van der Waals surface area contributed by atoms with Crippen molar-refractivity contribution in [2.75, 3.05) is 18.0 Å². The highest BCUT2D eigenvalue weighted by Gasteiger charge is 2.28. The highest BCUT2D eigenvalue weighted by molar-refractivity contribution is 7.12. The molecule has 0 amide bonds. The van der Waals surface area contributed by atoms with E-state index in [2.05, 4.69) is 28.0 Å². The van der Waals surface area contributed by atoms with Crippen molar-refractivity contribution >= 4 is 28.6 Å². The fraction of sp³-hybridized carbons (Fsp3) is 0.389. The summed E-state index contributed by atoms with van der Waals surface area (Å²) < 4.78 is 1.89. The first kappa shape index (κ1) is 15.3. The SMILES string of the molecule is CCc1cc(N2CCCC(C(=O)c3cccs3)C2)n2nccc2n1. The summed E-state index contributed by atoms with van der Waals surface area (Å²) in [6.45, 7) is 3.81. The number of aryl methyl sites for hydroxylation is 1. The van der Waals surface area contributed by atoms with Crippen molar-refractivity contribution in [3.05, 3.63) is 46.4 Å². The van der Waals surface area contributed by atoms with E-state index >= 15 is 0 Å². The molecule has 5 nitrogen and oxygen atoms in total. The van der Waals surface area contributed by atoms with E-state index in [1.54, 1.807) is 6.20 Å². The molecule has 6 heteroatoms. The number of Topliss-reactive ketones (excluding diaryl/α,β-unsaturated/α-hetero) is 1. The number of carbonyl (C=O) groups excluding carboxylic acids is 1. The standard InChI is InChI=1S/C18H20N4OS/c1-2-14-11-17(22-16(20-14)7-8-19-22)21-9-3-5-13(12-21)18(23)15-6-4-10-24-15/h4,6-8,10-11,13H,2-3,5,9,12H2,1H3. The predicted molar refractivity (Wildman–Crippen MR) is 96.0 cm³/mol. The van der Waals surface area contributed by atoms with E-state index in [1.165, 1.54) is 11.3 Å². The Morgan fingerprint density at radius 2 is 2.33 bits per heavy atom. The van der Waals surface area contributed by atoms with Crippen LogP contribution in [0.2, 0.25) is 0 Å². The number of fused-ring (bicyclic) bond motifs is 1. The third-order valence-corrected chi connectivity index (χ3v) is 5.52. The van der Waals surface area contributed by atoms with Crippen LogP contribution in [0.1, 0.15) is 35.1 Å². The lowest BCUT2D eigenvalue weighted by atomic mass is 9.93. The highest BCUT2D eigenvalue weighted by Crippen LogP contribution is 2.27. The van der Waals surface area contributed by atoms with Gasteiger partial charge in [-0.3, -0.25) is 4.79 Å². The normalized spacial score (nSPS) is 18.2. The Labute approximate surface area is 144 Å². The second-order valence-electron chi connectivity index (χ2n) is 6.19. The van der Waals surface area contributed by atoms with E-state index in [4.69, 9.17) is 0 Å². The van der Waals surface area contributed by atoms with Gasteiger partial charge in [-0.05, 0) is 30.7 Å². The number of aromatic nitrogens is 3. The van der Waals surface area contributed by atoms with Crippen molar-refractivity contribution in [1.29, 1.82) is 0 Å². The summed E-state index contributed by atoms with van der Waals surface area (Å²) in [7, 11) is 0. The number of carbonyl (C=O) groups is 1. The van der Waals surface area contributed by atoms with Crippen molar-refractivity contribution in [3.63, 3.8) is 0 Å². The van der Waals surface area contributed by atoms with Crippen LogP contribution in [0.15, 0.2) is 35.8 Å². The summed E-state index contributed by atoms with van der Waals surface area (Å²) in [4.78, 5) is 20.5. The van der Waals surface area contributed by atoms with E-state index in [0.717, 1.165) is 54.4 Å². The summed E-state index contributed by atoms with van der Waals surface area (Å²) in [6.07, 6.45) is 4.65. The van der Waals surface area contributed by atoms with Crippen molar-refractivity contribution < 1.29 is 4.79 Å². The number of ketones is 1. The van der Waals surface area contributed by atoms with Crippen LogP contribution in [0.4, 0.5) is 5.82 Å². The molecule has 1 aliphatic rings. The van der Waals surface area contributed by atoms with Gasteiger partial charge in [0.1, 0.15) is 5.82 Å².